The number of aliphatic carboxylic acids is 1. The van der Waals surface area contributed by atoms with E-state index in [0.717, 1.165) is 25.7 Å². The zero-order valence-electron chi connectivity index (χ0n) is 10.5. The predicted octanol–water partition coefficient (Wildman–Crippen LogP) is -2.30. The molecule has 0 atom stereocenters. The molecule has 5 heteroatoms. The van der Waals surface area contributed by atoms with Gasteiger partial charge >= 0.3 is 29.6 Å². The van der Waals surface area contributed by atoms with E-state index in [4.69, 9.17) is 9.47 Å². The standard InChI is InChI=1S/C11H20O4.Na/c1-3-4-5-6-9-14-7-11(2,8-15-9)10(12)13;/h9H,3-8H2,1-2H3,(H,12,13);/q;+1/p-1. The summed E-state index contributed by atoms with van der Waals surface area (Å²) in [6, 6.07) is 0. The van der Waals surface area contributed by atoms with Crippen molar-refractivity contribution in [3.63, 3.8) is 0 Å². The van der Waals surface area contributed by atoms with Gasteiger partial charge in [-0.1, -0.05) is 19.8 Å². The van der Waals surface area contributed by atoms with E-state index in [2.05, 4.69) is 6.92 Å². The third-order valence-electron chi connectivity index (χ3n) is 2.71. The van der Waals surface area contributed by atoms with Crippen LogP contribution in [0.3, 0.4) is 0 Å². The Morgan fingerprint density at radius 3 is 2.38 bits per heavy atom. The zero-order chi connectivity index (χ0) is 11.3. The van der Waals surface area contributed by atoms with E-state index in [1.807, 2.05) is 0 Å². The van der Waals surface area contributed by atoms with Crippen LogP contribution in [-0.2, 0) is 14.3 Å². The fourth-order valence-electron chi connectivity index (χ4n) is 1.49. The average molecular weight is 238 g/mol. The van der Waals surface area contributed by atoms with E-state index >= 15 is 0 Å². The number of hydrogen-bond acceptors (Lipinski definition) is 4. The number of carbonyl (C=O) groups excluding carboxylic acids is 1. The molecule has 0 aromatic carbocycles. The Morgan fingerprint density at radius 2 is 1.94 bits per heavy atom. The van der Waals surface area contributed by atoms with Crippen LogP contribution < -0.4 is 34.7 Å². The fourth-order valence-corrected chi connectivity index (χ4v) is 1.49. The van der Waals surface area contributed by atoms with E-state index in [1.165, 1.54) is 0 Å². The van der Waals surface area contributed by atoms with Crippen LogP contribution >= 0.6 is 0 Å². The number of carbonyl (C=O) groups is 1. The molecule has 1 aliphatic heterocycles. The first-order valence-electron chi connectivity index (χ1n) is 5.53. The topological polar surface area (TPSA) is 58.6 Å². The van der Waals surface area contributed by atoms with Gasteiger partial charge in [-0.2, -0.15) is 0 Å². The quantitative estimate of drug-likeness (QED) is 0.399. The Balaban J connectivity index is 0.00000225. The van der Waals surface area contributed by atoms with Crippen molar-refractivity contribution < 1.29 is 48.9 Å². The first-order valence-corrected chi connectivity index (χ1v) is 5.53. The molecule has 0 radical (unpaired) electrons. The molecule has 0 N–H and O–H groups in total. The molecule has 1 rings (SSSR count). The molecule has 1 aliphatic rings. The molecule has 88 valence electrons. The Labute approximate surface area is 119 Å². The number of unbranched alkanes of at least 4 members (excludes halogenated alkanes) is 2. The Morgan fingerprint density at radius 1 is 1.38 bits per heavy atom. The normalized spacial score (nSPS) is 29.5. The average Bonchev–Trinajstić information content (AvgIpc) is 2.21. The molecule has 1 saturated heterocycles. The van der Waals surface area contributed by atoms with E-state index < -0.39 is 11.4 Å². The van der Waals surface area contributed by atoms with Crippen molar-refractivity contribution in [2.75, 3.05) is 13.2 Å². The first kappa shape index (κ1) is 16.4. The van der Waals surface area contributed by atoms with Crippen molar-refractivity contribution in [3.8, 4) is 0 Å². The molecule has 0 aromatic heterocycles. The summed E-state index contributed by atoms with van der Waals surface area (Å²) in [5.41, 5.74) is -0.985. The number of hydrogen-bond donors (Lipinski definition) is 0. The smallest absolute Gasteiger partial charge is 0.549 e. The van der Waals surface area contributed by atoms with Gasteiger partial charge in [0.2, 0.25) is 0 Å². The van der Waals surface area contributed by atoms with Crippen molar-refractivity contribution in [3.05, 3.63) is 0 Å². The molecule has 16 heavy (non-hydrogen) atoms. The van der Waals surface area contributed by atoms with Gasteiger partial charge in [0.25, 0.3) is 0 Å². The van der Waals surface area contributed by atoms with Gasteiger partial charge in [0, 0.05) is 0 Å². The second-order valence-corrected chi connectivity index (χ2v) is 4.40. The maximum absolute atomic E-state index is 10.8. The fraction of sp³-hybridized carbons (Fsp3) is 0.909. The van der Waals surface area contributed by atoms with Gasteiger partial charge in [-0.3, -0.25) is 0 Å². The number of carboxylic acids is 1. The minimum Gasteiger partial charge on any atom is -0.549 e. The summed E-state index contributed by atoms with van der Waals surface area (Å²) in [5.74, 6) is -1.10. The second kappa shape index (κ2) is 7.67. The van der Waals surface area contributed by atoms with Crippen molar-refractivity contribution in [1.82, 2.24) is 0 Å². The van der Waals surface area contributed by atoms with Crippen molar-refractivity contribution in [1.29, 1.82) is 0 Å². The molecule has 0 saturated carbocycles. The van der Waals surface area contributed by atoms with Crippen LogP contribution in [-0.4, -0.2) is 25.5 Å². The largest absolute Gasteiger partial charge is 1.00 e. The molecular formula is C11H19NaO4. The Hall–Kier alpha value is 0.390. The molecule has 0 aromatic rings. The third kappa shape index (κ3) is 4.72. The minimum absolute atomic E-state index is 0. The molecule has 0 aliphatic carbocycles. The van der Waals surface area contributed by atoms with Gasteiger partial charge < -0.3 is 19.4 Å². The van der Waals surface area contributed by atoms with Crippen LogP contribution in [0.5, 0.6) is 0 Å². The summed E-state index contributed by atoms with van der Waals surface area (Å²) in [4.78, 5) is 10.8. The van der Waals surface area contributed by atoms with Gasteiger partial charge in [-0.05, 0) is 19.8 Å². The number of ether oxygens (including phenoxy) is 2. The predicted molar refractivity (Wildman–Crippen MR) is 52.9 cm³/mol. The molecule has 0 amide bonds. The Bertz CT molecular complexity index is 212. The van der Waals surface area contributed by atoms with Gasteiger partial charge in [-0.25, -0.2) is 0 Å². The van der Waals surface area contributed by atoms with Crippen molar-refractivity contribution in [2.24, 2.45) is 5.41 Å². The number of carboxylic acid groups (broad SMARTS) is 1. The summed E-state index contributed by atoms with van der Waals surface area (Å²) in [6.45, 7) is 4.10. The first-order chi connectivity index (χ1) is 7.08. The van der Waals surface area contributed by atoms with E-state index in [1.54, 1.807) is 6.92 Å². The van der Waals surface area contributed by atoms with E-state index in [9.17, 15) is 9.90 Å². The van der Waals surface area contributed by atoms with Gasteiger partial charge in [0.05, 0.1) is 24.6 Å². The van der Waals surface area contributed by atoms with Crippen LogP contribution in [0.25, 0.3) is 0 Å². The molecule has 0 spiro atoms. The minimum atomic E-state index is -1.10. The maximum Gasteiger partial charge on any atom is 1.00 e. The summed E-state index contributed by atoms with van der Waals surface area (Å²) in [5, 5.41) is 10.8. The molecule has 1 heterocycles. The molecular weight excluding hydrogens is 219 g/mol. The molecule has 0 unspecified atom stereocenters. The van der Waals surface area contributed by atoms with Crippen molar-refractivity contribution in [2.45, 2.75) is 45.8 Å². The molecule has 1 fully saturated rings. The second-order valence-electron chi connectivity index (χ2n) is 4.40. The van der Waals surface area contributed by atoms with E-state index in [-0.39, 0.29) is 49.1 Å². The van der Waals surface area contributed by atoms with Gasteiger partial charge in [0.1, 0.15) is 0 Å². The van der Waals surface area contributed by atoms with Crippen LogP contribution in [0.15, 0.2) is 0 Å². The summed E-state index contributed by atoms with van der Waals surface area (Å²) in [7, 11) is 0. The molecule has 4 nitrogen and oxygen atoms in total. The molecule has 0 bridgehead atoms. The zero-order valence-corrected chi connectivity index (χ0v) is 12.5. The maximum atomic E-state index is 10.8. The third-order valence-corrected chi connectivity index (χ3v) is 2.71. The van der Waals surface area contributed by atoms with Crippen LogP contribution in [0.4, 0.5) is 0 Å². The van der Waals surface area contributed by atoms with Gasteiger partial charge in [0.15, 0.2) is 6.29 Å². The summed E-state index contributed by atoms with van der Waals surface area (Å²) < 4.78 is 10.7. The monoisotopic (exact) mass is 238 g/mol. The van der Waals surface area contributed by atoms with Gasteiger partial charge in [-0.15, -0.1) is 0 Å². The number of rotatable bonds is 5. The van der Waals surface area contributed by atoms with E-state index in [0.29, 0.717) is 0 Å². The van der Waals surface area contributed by atoms with Crippen molar-refractivity contribution >= 4 is 5.97 Å². The van der Waals surface area contributed by atoms with Crippen LogP contribution in [0, 0.1) is 5.41 Å². The Kier molecular flexibility index (Phi) is 7.85. The summed E-state index contributed by atoms with van der Waals surface area (Å²) in [6.07, 6.45) is 3.98. The van der Waals surface area contributed by atoms with Crippen LogP contribution in [0.2, 0.25) is 0 Å². The SMILES string of the molecule is CCCCCC1OCC(C)(C(=O)[O-])CO1.[Na+]. The van der Waals surface area contributed by atoms with Crippen LogP contribution in [0.1, 0.15) is 39.5 Å². The summed E-state index contributed by atoms with van der Waals surface area (Å²) >= 11 is 0.